The number of allylic oxidation sites excluding steroid dienone is 1. The Hall–Kier alpha value is -2.82. The van der Waals surface area contributed by atoms with Crippen LogP contribution in [-0.2, 0) is 0 Å². The third-order valence-corrected chi connectivity index (χ3v) is 3.14. The molecule has 2 N–H and O–H groups in total. The van der Waals surface area contributed by atoms with Crippen molar-refractivity contribution in [2.75, 3.05) is 0 Å². The Morgan fingerprint density at radius 3 is 2.60 bits per heavy atom. The van der Waals surface area contributed by atoms with Gasteiger partial charge in [-0.05, 0) is 20.8 Å². The van der Waals surface area contributed by atoms with Crippen LogP contribution >= 0.6 is 0 Å². The van der Waals surface area contributed by atoms with Gasteiger partial charge < -0.3 is 14.9 Å². The maximum absolute atomic E-state index is 11.9. The molecule has 104 valence electrons. The fourth-order valence-electron chi connectivity index (χ4n) is 2.24. The highest BCUT2D eigenvalue weighted by atomic mass is 16.5. The van der Waals surface area contributed by atoms with E-state index >= 15 is 0 Å². The molecule has 8 heteroatoms. The zero-order valence-corrected chi connectivity index (χ0v) is 11.1. The monoisotopic (exact) mass is 276 g/mol. The predicted octanol–water partition coefficient (Wildman–Crippen LogP) is 1.83. The normalized spacial score (nSPS) is 18.8. The second-order valence-electron chi connectivity index (χ2n) is 4.37. The molecule has 2 rings (SSSR count). The van der Waals surface area contributed by atoms with E-state index in [1.54, 1.807) is 20.8 Å². The first kappa shape index (κ1) is 13.6. The first-order chi connectivity index (χ1) is 9.38. The second kappa shape index (κ2) is 4.70. The molecule has 1 aromatic heterocycles. The molecule has 0 bridgehead atoms. The van der Waals surface area contributed by atoms with Crippen molar-refractivity contribution in [3.05, 3.63) is 28.3 Å². The number of nitrogens with one attached hydrogen (secondary N) is 1. The van der Waals surface area contributed by atoms with Gasteiger partial charge in [-0.25, -0.2) is 14.5 Å². The van der Waals surface area contributed by atoms with Gasteiger partial charge in [-0.15, -0.1) is 0 Å². The highest BCUT2D eigenvalue weighted by Crippen LogP contribution is 2.36. The lowest BCUT2D eigenvalue weighted by atomic mass is 9.94. The van der Waals surface area contributed by atoms with E-state index in [4.69, 9.17) is 4.52 Å². The molecule has 1 atom stereocenters. The standard InChI is InChI=1S/C12H12N4O4/c1-5-8(4-13)10(9-6(2)15-20-7(9)3)16(12(18)19)11(17)14-5/h10H,1-3H3,(H,14,17)(H,18,19). The van der Waals surface area contributed by atoms with Gasteiger partial charge in [-0.1, -0.05) is 5.16 Å². The highest BCUT2D eigenvalue weighted by molar-refractivity contribution is 5.93. The number of hydrogen-bond acceptors (Lipinski definition) is 5. The van der Waals surface area contributed by atoms with Gasteiger partial charge in [0.05, 0.1) is 17.3 Å². The van der Waals surface area contributed by atoms with Crippen LogP contribution in [0.5, 0.6) is 0 Å². The summed E-state index contributed by atoms with van der Waals surface area (Å²) in [7, 11) is 0. The minimum absolute atomic E-state index is 0.140. The number of nitriles is 1. The molecule has 0 fully saturated rings. The van der Waals surface area contributed by atoms with Gasteiger partial charge >= 0.3 is 12.1 Å². The fraction of sp³-hybridized carbons (Fsp3) is 0.333. The summed E-state index contributed by atoms with van der Waals surface area (Å²) < 4.78 is 5.01. The van der Waals surface area contributed by atoms with Crippen molar-refractivity contribution in [1.82, 2.24) is 15.4 Å². The average Bonchev–Trinajstić information content (AvgIpc) is 2.67. The van der Waals surface area contributed by atoms with E-state index in [2.05, 4.69) is 10.5 Å². The summed E-state index contributed by atoms with van der Waals surface area (Å²) >= 11 is 0. The highest BCUT2D eigenvalue weighted by Gasteiger charge is 2.41. The van der Waals surface area contributed by atoms with Crippen molar-refractivity contribution in [2.45, 2.75) is 26.8 Å². The van der Waals surface area contributed by atoms with E-state index in [1.165, 1.54) is 0 Å². The number of urea groups is 1. The number of aromatic nitrogens is 1. The zero-order chi connectivity index (χ0) is 15.0. The Labute approximate surface area is 114 Å². The maximum atomic E-state index is 11.9. The Morgan fingerprint density at radius 2 is 2.15 bits per heavy atom. The topological polar surface area (TPSA) is 119 Å². The molecular formula is C12H12N4O4. The molecule has 1 aliphatic rings. The van der Waals surface area contributed by atoms with Crippen LogP contribution in [-0.4, -0.2) is 27.3 Å². The van der Waals surface area contributed by atoms with E-state index in [9.17, 15) is 20.0 Å². The quantitative estimate of drug-likeness (QED) is 0.807. The lowest BCUT2D eigenvalue weighted by Gasteiger charge is -2.32. The number of imide groups is 1. The third-order valence-electron chi connectivity index (χ3n) is 3.14. The van der Waals surface area contributed by atoms with Crippen LogP contribution in [0.4, 0.5) is 9.59 Å². The van der Waals surface area contributed by atoms with Gasteiger partial charge in [0.1, 0.15) is 11.8 Å². The number of carbonyl (C=O) groups is 2. The Bertz CT molecular complexity index is 648. The Balaban J connectivity index is 2.71. The lowest BCUT2D eigenvalue weighted by Crippen LogP contribution is -2.49. The summed E-state index contributed by atoms with van der Waals surface area (Å²) in [5.74, 6) is 0.369. The fourth-order valence-corrected chi connectivity index (χ4v) is 2.24. The molecule has 8 nitrogen and oxygen atoms in total. The van der Waals surface area contributed by atoms with Crippen LogP contribution in [0, 0.1) is 25.2 Å². The van der Waals surface area contributed by atoms with Crippen LogP contribution < -0.4 is 5.32 Å². The Morgan fingerprint density at radius 1 is 1.50 bits per heavy atom. The van der Waals surface area contributed by atoms with Crippen molar-refractivity contribution in [3.8, 4) is 6.07 Å². The van der Waals surface area contributed by atoms with E-state index in [-0.39, 0.29) is 5.57 Å². The van der Waals surface area contributed by atoms with Gasteiger partial charge in [0.15, 0.2) is 0 Å². The van der Waals surface area contributed by atoms with Crippen LogP contribution in [0.1, 0.15) is 30.0 Å². The zero-order valence-electron chi connectivity index (χ0n) is 11.1. The van der Waals surface area contributed by atoms with Crippen LogP contribution in [0.2, 0.25) is 0 Å². The van der Waals surface area contributed by atoms with Crippen molar-refractivity contribution in [1.29, 1.82) is 5.26 Å². The molecule has 1 aliphatic heterocycles. The number of rotatable bonds is 1. The van der Waals surface area contributed by atoms with Crippen LogP contribution in [0.25, 0.3) is 0 Å². The van der Waals surface area contributed by atoms with Gasteiger partial charge in [0.2, 0.25) is 0 Å². The van der Waals surface area contributed by atoms with Crippen molar-refractivity contribution in [3.63, 3.8) is 0 Å². The summed E-state index contributed by atoms with van der Waals surface area (Å²) in [6.07, 6.45) is -1.45. The van der Waals surface area contributed by atoms with E-state index in [0.717, 1.165) is 0 Å². The van der Waals surface area contributed by atoms with Gasteiger partial charge in [0.25, 0.3) is 0 Å². The SMILES string of the molecule is CC1=C(C#N)C(c2c(C)noc2C)N(C(=O)O)C(=O)N1. The first-order valence-electron chi connectivity index (χ1n) is 5.75. The maximum Gasteiger partial charge on any atom is 0.416 e. The van der Waals surface area contributed by atoms with Crippen molar-refractivity contribution >= 4 is 12.1 Å². The number of carbonyl (C=O) groups excluding carboxylic acids is 1. The molecule has 0 saturated heterocycles. The number of carboxylic acid groups (broad SMARTS) is 1. The number of nitrogens with zero attached hydrogens (tertiary/aromatic N) is 3. The summed E-state index contributed by atoms with van der Waals surface area (Å²) in [6, 6.07) is 0.0919. The van der Waals surface area contributed by atoms with Gasteiger partial charge in [0, 0.05) is 11.3 Å². The number of hydrogen-bond donors (Lipinski definition) is 2. The van der Waals surface area contributed by atoms with E-state index in [0.29, 0.717) is 27.6 Å². The summed E-state index contributed by atoms with van der Waals surface area (Å²) in [6.45, 7) is 4.77. The second-order valence-corrected chi connectivity index (χ2v) is 4.37. The van der Waals surface area contributed by atoms with Crippen LogP contribution in [0.3, 0.4) is 0 Å². The van der Waals surface area contributed by atoms with Crippen molar-refractivity contribution in [2.24, 2.45) is 0 Å². The molecule has 0 aliphatic carbocycles. The summed E-state index contributed by atoms with van der Waals surface area (Å²) in [5, 5.41) is 24.6. The molecule has 2 heterocycles. The van der Waals surface area contributed by atoms with E-state index in [1.807, 2.05) is 6.07 Å². The smallest absolute Gasteiger partial charge is 0.416 e. The molecule has 0 saturated carbocycles. The summed E-state index contributed by atoms with van der Waals surface area (Å²) in [4.78, 5) is 23.8. The molecule has 0 radical (unpaired) electrons. The third kappa shape index (κ3) is 1.89. The molecule has 0 spiro atoms. The minimum Gasteiger partial charge on any atom is -0.465 e. The first-order valence-corrected chi connectivity index (χ1v) is 5.75. The predicted molar refractivity (Wildman–Crippen MR) is 65.4 cm³/mol. The van der Waals surface area contributed by atoms with Gasteiger partial charge in [-0.3, -0.25) is 0 Å². The Kier molecular flexibility index (Phi) is 3.19. The molecule has 20 heavy (non-hydrogen) atoms. The molecule has 0 aromatic carbocycles. The van der Waals surface area contributed by atoms with E-state index < -0.39 is 18.2 Å². The molecule has 1 unspecified atom stereocenters. The number of amides is 3. The largest absolute Gasteiger partial charge is 0.465 e. The molecule has 3 amide bonds. The summed E-state index contributed by atoms with van der Waals surface area (Å²) in [5.41, 5.74) is 1.31. The molecular weight excluding hydrogens is 264 g/mol. The number of aryl methyl sites for hydroxylation is 2. The lowest BCUT2D eigenvalue weighted by molar-refractivity contribution is 0.135. The van der Waals surface area contributed by atoms with Crippen molar-refractivity contribution < 1.29 is 19.2 Å². The minimum atomic E-state index is -1.45. The molecule has 1 aromatic rings. The van der Waals surface area contributed by atoms with Gasteiger partial charge in [-0.2, -0.15) is 5.26 Å². The van der Waals surface area contributed by atoms with Crippen LogP contribution in [0.15, 0.2) is 15.8 Å². The average molecular weight is 276 g/mol.